The molecule has 3 aliphatic rings. The van der Waals surface area contributed by atoms with Crippen molar-refractivity contribution in [3.05, 3.63) is 47.7 Å². The number of methoxy groups -OCH3 is 1. The SMILES string of the molecule is COc1ccc(C(=O)C2(C(F)(F)F)CC2)c(N2CCC(COc3cc([C@H](C4CC4)[C@H](C)C(=O)O)ccn3)CC2)c1. The van der Waals surface area contributed by atoms with E-state index in [1.165, 1.54) is 19.2 Å². The summed E-state index contributed by atoms with van der Waals surface area (Å²) in [5, 5.41) is 9.57. The average molecular weight is 561 g/mol. The fourth-order valence-corrected chi connectivity index (χ4v) is 5.95. The average Bonchev–Trinajstić information content (AvgIpc) is 3.86. The number of carboxylic acid groups (broad SMARTS) is 1. The molecular weight excluding hydrogens is 525 g/mol. The van der Waals surface area contributed by atoms with Crippen molar-refractivity contribution in [3.63, 3.8) is 0 Å². The Labute approximate surface area is 231 Å². The first-order valence-corrected chi connectivity index (χ1v) is 13.9. The predicted octanol–water partition coefficient (Wildman–Crippen LogP) is 6.13. The maximum absolute atomic E-state index is 13.7. The van der Waals surface area contributed by atoms with E-state index in [4.69, 9.17) is 9.47 Å². The van der Waals surface area contributed by atoms with Gasteiger partial charge < -0.3 is 19.5 Å². The Bertz CT molecular complexity index is 1250. The smallest absolute Gasteiger partial charge is 0.401 e. The molecular formula is C30H35F3N2O5. The van der Waals surface area contributed by atoms with Crippen LogP contribution in [0, 0.1) is 23.2 Å². The van der Waals surface area contributed by atoms with Gasteiger partial charge in [-0.25, -0.2) is 4.98 Å². The molecule has 1 aromatic heterocycles. The van der Waals surface area contributed by atoms with Crippen LogP contribution in [-0.4, -0.2) is 54.8 Å². The molecule has 40 heavy (non-hydrogen) atoms. The van der Waals surface area contributed by atoms with Crippen LogP contribution in [0.15, 0.2) is 36.5 Å². The maximum Gasteiger partial charge on any atom is 0.401 e. The fraction of sp³-hybridized carbons (Fsp3) is 0.567. The number of carbonyl (C=O) groups is 2. The number of halogens is 3. The molecule has 2 heterocycles. The number of ether oxygens (including phenoxy) is 2. The Balaban J connectivity index is 1.23. The highest BCUT2D eigenvalue weighted by molar-refractivity contribution is 6.07. The van der Waals surface area contributed by atoms with Gasteiger partial charge in [-0.3, -0.25) is 9.59 Å². The molecule has 1 aliphatic heterocycles. The number of ketones is 1. The van der Waals surface area contributed by atoms with E-state index in [2.05, 4.69) is 4.98 Å². The second-order valence-electron chi connectivity index (χ2n) is 11.5. The first kappa shape index (κ1) is 28.2. The third kappa shape index (κ3) is 5.63. The molecule has 0 radical (unpaired) electrons. The Kier molecular flexibility index (Phi) is 7.72. The first-order chi connectivity index (χ1) is 19.0. The van der Waals surface area contributed by atoms with E-state index in [0.29, 0.717) is 42.9 Å². The van der Waals surface area contributed by atoms with Crippen LogP contribution in [0.2, 0.25) is 0 Å². The van der Waals surface area contributed by atoms with Gasteiger partial charge in [0.25, 0.3) is 0 Å². The number of carbonyl (C=O) groups excluding carboxylic acids is 1. The Hall–Kier alpha value is -3.30. The summed E-state index contributed by atoms with van der Waals surface area (Å²) >= 11 is 0. The van der Waals surface area contributed by atoms with E-state index in [-0.39, 0.29) is 30.2 Å². The molecule has 2 aromatic rings. The Morgan fingerprint density at radius 1 is 1.12 bits per heavy atom. The van der Waals surface area contributed by atoms with Crippen molar-refractivity contribution < 1.29 is 37.3 Å². The topological polar surface area (TPSA) is 89.0 Å². The second-order valence-corrected chi connectivity index (χ2v) is 11.5. The molecule has 7 nitrogen and oxygen atoms in total. The molecule has 2 atom stereocenters. The number of piperidine rings is 1. The number of hydrogen-bond donors (Lipinski definition) is 1. The van der Waals surface area contributed by atoms with Gasteiger partial charge in [-0.1, -0.05) is 6.92 Å². The van der Waals surface area contributed by atoms with Gasteiger partial charge >= 0.3 is 12.1 Å². The van der Waals surface area contributed by atoms with E-state index in [9.17, 15) is 27.9 Å². The van der Waals surface area contributed by atoms with Crippen molar-refractivity contribution in [3.8, 4) is 11.6 Å². The van der Waals surface area contributed by atoms with Crippen molar-refractivity contribution in [2.75, 3.05) is 31.7 Å². The van der Waals surface area contributed by atoms with Crippen molar-refractivity contribution in [2.24, 2.45) is 23.2 Å². The highest BCUT2D eigenvalue weighted by Crippen LogP contribution is 2.60. The Morgan fingerprint density at radius 2 is 1.82 bits per heavy atom. The lowest BCUT2D eigenvalue weighted by Crippen LogP contribution is -2.38. The maximum atomic E-state index is 13.7. The summed E-state index contributed by atoms with van der Waals surface area (Å²) in [5.41, 5.74) is -0.774. The molecule has 0 amide bonds. The number of anilines is 1. The van der Waals surface area contributed by atoms with Crippen LogP contribution in [0.25, 0.3) is 0 Å². The molecule has 0 spiro atoms. The van der Waals surface area contributed by atoms with E-state index < -0.39 is 29.3 Å². The van der Waals surface area contributed by atoms with Gasteiger partial charge in [0.1, 0.15) is 11.2 Å². The van der Waals surface area contributed by atoms with Gasteiger partial charge in [-0.15, -0.1) is 0 Å². The predicted molar refractivity (Wildman–Crippen MR) is 142 cm³/mol. The molecule has 1 N–H and O–H groups in total. The molecule has 3 fully saturated rings. The van der Waals surface area contributed by atoms with E-state index in [1.54, 1.807) is 19.2 Å². The van der Waals surface area contributed by atoms with Crippen molar-refractivity contribution in [1.82, 2.24) is 4.98 Å². The minimum absolute atomic E-state index is 0.0713. The minimum atomic E-state index is -4.57. The van der Waals surface area contributed by atoms with Gasteiger partial charge in [0.15, 0.2) is 5.78 Å². The second kappa shape index (κ2) is 10.9. The summed E-state index contributed by atoms with van der Waals surface area (Å²) in [6, 6.07) is 8.36. The number of carboxylic acids is 1. The number of pyridine rings is 1. The third-order valence-electron chi connectivity index (χ3n) is 8.80. The number of hydrogen-bond acceptors (Lipinski definition) is 6. The summed E-state index contributed by atoms with van der Waals surface area (Å²) < 4.78 is 52.5. The van der Waals surface area contributed by atoms with Crippen LogP contribution in [0.5, 0.6) is 11.6 Å². The van der Waals surface area contributed by atoms with Crippen LogP contribution < -0.4 is 14.4 Å². The molecule has 0 bridgehead atoms. The quantitative estimate of drug-likeness (QED) is 0.331. The third-order valence-corrected chi connectivity index (χ3v) is 8.80. The summed E-state index contributed by atoms with van der Waals surface area (Å²) in [7, 11) is 1.49. The summed E-state index contributed by atoms with van der Waals surface area (Å²) in [6.07, 6.45) is 0.255. The summed E-state index contributed by atoms with van der Waals surface area (Å²) in [6.45, 7) is 3.30. The van der Waals surface area contributed by atoms with Crippen LogP contribution in [-0.2, 0) is 4.79 Å². The fourth-order valence-electron chi connectivity index (χ4n) is 5.95. The number of rotatable bonds is 11. The zero-order valence-corrected chi connectivity index (χ0v) is 22.7. The number of aromatic nitrogens is 1. The molecule has 2 saturated carbocycles. The number of alkyl halides is 3. The Morgan fingerprint density at radius 3 is 2.40 bits per heavy atom. The molecule has 1 saturated heterocycles. The summed E-state index contributed by atoms with van der Waals surface area (Å²) in [4.78, 5) is 31.1. The summed E-state index contributed by atoms with van der Waals surface area (Å²) in [5.74, 6) is -0.722. The molecule has 0 unspecified atom stereocenters. The van der Waals surface area contributed by atoms with Gasteiger partial charge in [-0.2, -0.15) is 13.2 Å². The molecule has 216 valence electrons. The highest BCUT2D eigenvalue weighted by Gasteiger charge is 2.68. The van der Waals surface area contributed by atoms with Crippen LogP contribution >= 0.6 is 0 Å². The molecule has 10 heteroatoms. The zero-order valence-electron chi connectivity index (χ0n) is 22.7. The van der Waals surface area contributed by atoms with Crippen LogP contribution in [0.3, 0.4) is 0 Å². The van der Waals surface area contributed by atoms with Gasteiger partial charge in [0.2, 0.25) is 5.88 Å². The van der Waals surface area contributed by atoms with Gasteiger partial charge in [0, 0.05) is 37.0 Å². The van der Waals surface area contributed by atoms with Gasteiger partial charge in [0.05, 0.1) is 25.3 Å². The molecule has 5 rings (SSSR count). The highest BCUT2D eigenvalue weighted by atomic mass is 19.4. The van der Waals surface area contributed by atoms with Crippen LogP contribution in [0.1, 0.15) is 67.3 Å². The lowest BCUT2D eigenvalue weighted by Gasteiger charge is -2.35. The number of aliphatic carboxylic acids is 1. The standard InChI is InChI=1S/C30H35F3N2O5/c1-18(28(37)38)26(20-3-4-20)21-7-12-34-25(15-21)40-17-19-8-13-35(14-9-19)24-16-22(39-2)5-6-23(24)27(36)29(10-11-29)30(31,32)33/h5-7,12,15-16,18-20,26H,3-4,8-11,13-14,17H2,1-2H3,(H,37,38)/t18-,26-/m0/s1. The zero-order chi connectivity index (χ0) is 28.7. The minimum Gasteiger partial charge on any atom is -0.497 e. The monoisotopic (exact) mass is 560 g/mol. The van der Waals surface area contributed by atoms with E-state index >= 15 is 0 Å². The first-order valence-electron chi connectivity index (χ1n) is 13.9. The van der Waals surface area contributed by atoms with Crippen molar-refractivity contribution in [1.29, 1.82) is 0 Å². The number of Topliss-reactive ketones (excluding diaryl/α,β-unsaturated/α-hetero) is 1. The van der Waals surface area contributed by atoms with Crippen molar-refractivity contribution >= 4 is 17.4 Å². The normalized spacial score (nSPS) is 20.5. The van der Waals surface area contributed by atoms with E-state index in [1.807, 2.05) is 17.0 Å². The number of benzene rings is 1. The largest absolute Gasteiger partial charge is 0.497 e. The lowest BCUT2D eigenvalue weighted by molar-refractivity contribution is -0.171. The van der Waals surface area contributed by atoms with Crippen LogP contribution in [0.4, 0.5) is 18.9 Å². The number of nitrogens with zero attached hydrogens (tertiary/aromatic N) is 2. The lowest BCUT2D eigenvalue weighted by atomic mass is 9.84. The molecule has 2 aliphatic carbocycles. The van der Waals surface area contributed by atoms with Gasteiger partial charge in [-0.05, 0) is 80.0 Å². The van der Waals surface area contributed by atoms with Crippen molar-refractivity contribution in [2.45, 2.75) is 57.5 Å². The molecule has 1 aromatic carbocycles. The van der Waals surface area contributed by atoms with E-state index in [0.717, 1.165) is 31.2 Å².